The number of hydrogen-bond donors (Lipinski definition) is 1. The smallest absolute Gasteiger partial charge is 0.0208 e. The summed E-state index contributed by atoms with van der Waals surface area (Å²) < 4.78 is 0. The molecule has 18 heavy (non-hydrogen) atoms. The molecule has 2 heteroatoms. The van der Waals surface area contributed by atoms with Gasteiger partial charge in [-0.15, -0.1) is 0 Å². The number of hydrogen-bond acceptors (Lipinski definition) is 2. The van der Waals surface area contributed by atoms with E-state index in [1.54, 1.807) is 0 Å². The second kappa shape index (κ2) is 6.35. The molecule has 0 bridgehead atoms. The molecule has 1 aliphatic heterocycles. The molecule has 0 spiro atoms. The van der Waals surface area contributed by atoms with Crippen LogP contribution in [0.15, 0.2) is 18.2 Å². The molecule has 2 rings (SSSR count). The largest absolute Gasteiger partial charge is 0.312 e. The summed E-state index contributed by atoms with van der Waals surface area (Å²) in [6, 6.07) is 6.73. The summed E-state index contributed by atoms with van der Waals surface area (Å²) in [5, 5.41) is 3.62. The van der Waals surface area contributed by atoms with Gasteiger partial charge in [-0.1, -0.05) is 30.7 Å². The Morgan fingerprint density at radius 2 is 2.17 bits per heavy atom. The van der Waals surface area contributed by atoms with Gasteiger partial charge in [0.25, 0.3) is 0 Å². The average Bonchev–Trinajstić information content (AvgIpc) is 2.80. The SMILES string of the molecule is CCN1CCC(CNCc2ccc(C)cc2C)C1. The van der Waals surface area contributed by atoms with Gasteiger partial charge >= 0.3 is 0 Å². The van der Waals surface area contributed by atoms with Crippen LogP contribution in [0.4, 0.5) is 0 Å². The Morgan fingerprint density at radius 3 is 2.83 bits per heavy atom. The van der Waals surface area contributed by atoms with Crippen molar-refractivity contribution >= 4 is 0 Å². The van der Waals surface area contributed by atoms with E-state index in [-0.39, 0.29) is 0 Å². The minimum Gasteiger partial charge on any atom is -0.312 e. The number of benzene rings is 1. The first-order chi connectivity index (χ1) is 8.69. The highest BCUT2D eigenvalue weighted by molar-refractivity contribution is 5.30. The molecule has 0 saturated carbocycles. The highest BCUT2D eigenvalue weighted by Gasteiger charge is 2.20. The lowest BCUT2D eigenvalue weighted by Gasteiger charge is -2.14. The van der Waals surface area contributed by atoms with Crippen molar-refractivity contribution in [2.45, 2.75) is 33.7 Å². The Kier molecular flexibility index (Phi) is 4.79. The highest BCUT2D eigenvalue weighted by Crippen LogP contribution is 2.15. The number of likely N-dealkylation sites (tertiary alicyclic amines) is 1. The van der Waals surface area contributed by atoms with Gasteiger partial charge in [-0.25, -0.2) is 0 Å². The van der Waals surface area contributed by atoms with E-state index in [9.17, 15) is 0 Å². The van der Waals surface area contributed by atoms with Gasteiger partial charge in [0.2, 0.25) is 0 Å². The van der Waals surface area contributed by atoms with Crippen LogP contribution < -0.4 is 5.32 Å². The third-order valence-corrected chi connectivity index (χ3v) is 4.06. The lowest BCUT2D eigenvalue weighted by molar-refractivity contribution is 0.339. The number of aryl methyl sites for hydroxylation is 2. The zero-order valence-corrected chi connectivity index (χ0v) is 12.0. The minimum atomic E-state index is 0.843. The Hall–Kier alpha value is -0.860. The molecular formula is C16H26N2. The van der Waals surface area contributed by atoms with Gasteiger partial charge < -0.3 is 10.2 Å². The molecule has 1 saturated heterocycles. The van der Waals surface area contributed by atoms with E-state index >= 15 is 0 Å². The van der Waals surface area contributed by atoms with Gasteiger partial charge in [-0.2, -0.15) is 0 Å². The molecule has 1 heterocycles. The van der Waals surface area contributed by atoms with Gasteiger partial charge in [-0.05, 0) is 56.9 Å². The summed E-state index contributed by atoms with van der Waals surface area (Å²) in [6.45, 7) is 12.5. The van der Waals surface area contributed by atoms with Gasteiger partial charge in [0.1, 0.15) is 0 Å². The van der Waals surface area contributed by atoms with E-state index < -0.39 is 0 Å². The zero-order valence-electron chi connectivity index (χ0n) is 12.0. The summed E-state index contributed by atoms with van der Waals surface area (Å²) in [6.07, 6.45) is 1.35. The Morgan fingerprint density at radius 1 is 1.33 bits per heavy atom. The Labute approximate surface area is 111 Å². The molecule has 1 aliphatic rings. The van der Waals surface area contributed by atoms with Gasteiger partial charge in [0.05, 0.1) is 0 Å². The molecule has 0 radical (unpaired) electrons. The molecular weight excluding hydrogens is 220 g/mol. The molecule has 1 unspecified atom stereocenters. The van der Waals surface area contributed by atoms with Crippen LogP contribution in [0.5, 0.6) is 0 Å². The van der Waals surface area contributed by atoms with Crippen LogP contribution in [0, 0.1) is 19.8 Å². The van der Waals surface area contributed by atoms with E-state index in [1.807, 2.05) is 0 Å². The Balaban J connectivity index is 1.75. The molecule has 1 atom stereocenters. The maximum Gasteiger partial charge on any atom is 0.0208 e. The van der Waals surface area contributed by atoms with Crippen LogP contribution in [0.3, 0.4) is 0 Å². The van der Waals surface area contributed by atoms with Crippen molar-refractivity contribution in [1.29, 1.82) is 0 Å². The predicted molar refractivity (Wildman–Crippen MR) is 77.8 cm³/mol. The van der Waals surface area contributed by atoms with Crippen molar-refractivity contribution < 1.29 is 0 Å². The number of nitrogens with zero attached hydrogens (tertiary/aromatic N) is 1. The van der Waals surface area contributed by atoms with Crippen LogP contribution in [-0.2, 0) is 6.54 Å². The van der Waals surface area contributed by atoms with E-state index in [0.29, 0.717) is 0 Å². The lowest BCUT2D eigenvalue weighted by Crippen LogP contribution is -2.26. The summed E-state index contributed by atoms with van der Waals surface area (Å²) in [5.74, 6) is 0.843. The standard InChI is InChI=1S/C16H26N2/c1-4-18-8-7-15(12-18)10-17-11-16-6-5-13(2)9-14(16)3/h5-6,9,15,17H,4,7-8,10-12H2,1-3H3. The molecule has 1 aromatic rings. The van der Waals surface area contributed by atoms with E-state index in [2.05, 4.69) is 49.2 Å². The highest BCUT2D eigenvalue weighted by atomic mass is 15.1. The summed E-state index contributed by atoms with van der Waals surface area (Å²) in [5.41, 5.74) is 4.20. The number of nitrogens with one attached hydrogen (secondary N) is 1. The Bertz CT molecular complexity index is 387. The number of rotatable bonds is 5. The van der Waals surface area contributed by atoms with E-state index in [4.69, 9.17) is 0 Å². The first kappa shape index (κ1) is 13.6. The van der Waals surface area contributed by atoms with Gasteiger partial charge in [0, 0.05) is 13.1 Å². The second-order valence-corrected chi connectivity index (χ2v) is 5.61. The monoisotopic (exact) mass is 246 g/mol. The van der Waals surface area contributed by atoms with Crippen LogP contribution >= 0.6 is 0 Å². The summed E-state index contributed by atoms with van der Waals surface area (Å²) >= 11 is 0. The summed E-state index contributed by atoms with van der Waals surface area (Å²) in [7, 11) is 0. The fraction of sp³-hybridized carbons (Fsp3) is 0.625. The van der Waals surface area contributed by atoms with Crippen molar-refractivity contribution in [2.75, 3.05) is 26.2 Å². The van der Waals surface area contributed by atoms with Crippen molar-refractivity contribution in [2.24, 2.45) is 5.92 Å². The fourth-order valence-corrected chi connectivity index (χ4v) is 2.82. The maximum absolute atomic E-state index is 3.62. The van der Waals surface area contributed by atoms with Crippen LogP contribution in [0.1, 0.15) is 30.0 Å². The first-order valence-corrected chi connectivity index (χ1v) is 7.18. The summed E-state index contributed by atoms with van der Waals surface area (Å²) in [4.78, 5) is 2.55. The predicted octanol–water partition coefficient (Wildman–Crippen LogP) is 2.73. The van der Waals surface area contributed by atoms with Crippen LogP contribution in [0.25, 0.3) is 0 Å². The van der Waals surface area contributed by atoms with Crippen LogP contribution in [-0.4, -0.2) is 31.1 Å². The lowest BCUT2D eigenvalue weighted by atomic mass is 10.1. The maximum atomic E-state index is 3.62. The fourth-order valence-electron chi connectivity index (χ4n) is 2.82. The van der Waals surface area contributed by atoms with Crippen molar-refractivity contribution in [3.05, 3.63) is 34.9 Å². The van der Waals surface area contributed by atoms with Gasteiger partial charge in [-0.3, -0.25) is 0 Å². The molecule has 100 valence electrons. The molecule has 1 N–H and O–H groups in total. The van der Waals surface area contributed by atoms with Crippen molar-refractivity contribution in [1.82, 2.24) is 10.2 Å². The normalized spacial score (nSPS) is 20.5. The molecule has 0 aliphatic carbocycles. The van der Waals surface area contributed by atoms with E-state index in [1.165, 1.54) is 42.7 Å². The molecule has 1 aromatic carbocycles. The van der Waals surface area contributed by atoms with Crippen LogP contribution in [0.2, 0.25) is 0 Å². The van der Waals surface area contributed by atoms with Gasteiger partial charge in [0.15, 0.2) is 0 Å². The molecule has 1 fully saturated rings. The first-order valence-electron chi connectivity index (χ1n) is 7.18. The molecule has 2 nitrogen and oxygen atoms in total. The second-order valence-electron chi connectivity index (χ2n) is 5.61. The van der Waals surface area contributed by atoms with Crippen molar-refractivity contribution in [3.63, 3.8) is 0 Å². The topological polar surface area (TPSA) is 15.3 Å². The molecule has 0 aromatic heterocycles. The van der Waals surface area contributed by atoms with Crippen molar-refractivity contribution in [3.8, 4) is 0 Å². The minimum absolute atomic E-state index is 0.843. The third kappa shape index (κ3) is 3.56. The van der Waals surface area contributed by atoms with E-state index in [0.717, 1.165) is 19.0 Å². The quantitative estimate of drug-likeness (QED) is 0.859. The third-order valence-electron chi connectivity index (χ3n) is 4.06. The average molecular weight is 246 g/mol. The zero-order chi connectivity index (χ0) is 13.0. The molecule has 0 amide bonds.